The second kappa shape index (κ2) is 7.05. The molecule has 2 aromatic carbocycles. The first-order valence-electron chi connectivity index (χ1n) is 6.26. The fraction of sp³-hybridized carbons (Fsp3) is 0.200. The molecule has 2 rings (SSSR count). The van der Waals surface area contributed by atoms with E-state index >= 15 is 0 Å². The van der Waals surface area contributed by atoms with Crippen molar-refractivity contribution in [1.29, 1.82) is 0 Å². The SMILES string of the molecule is CCNC(c1ccc(Cl)cc1F)c1cc(Cl)c(Br)cc1F. The zero-order valence-corrected chi connectivity index (χ0v) is 14.2. The van der Waals surface area contributed by atoms with Crippen LogP contribution >= 0.6 is 39.1 Å². The zero-order valence-electron chi connectivity index (χ0n) is 11.1. The first kappa shape index (κ1) is 16.7. The molecule has 112 valence electrons. The number of halogens is 5. The standard InChI is InChI=1S/C15H12BrCl2F2N/c1-2-21-15(9-4-3-8(17)5-13(9)19)10-6-12(18)11(16)7-14(10)20/h3-7,15,21H,2H2,1H3. The summed E-state index contributed by atoms with van der Waals surface area (Å²) in [5, 5.41) is 3.72. The second-order valence-corrected chi connectivity index (χ2v) is 6.14. The summed E-state index contributed by atoms with van der Waals surface area (Å²) in [4.78, 5) is 0. The van der Waals surface area contributed by atoms with E-state index in [-0.39, 0.29) is 5.56 Å². The van der Waals surface area contributed by atoms with Gasteiger partial charge in [-0.15, -0.1) is 0 Å². The van der Waals surface area contributed by atoms with E-state index in [0.29, 0.717) is 26.6 Å². The lowest BCUT2D eigenvalue weighted by molar-refractivity contribution is 0.530. The summed E-state index contributed by atoms with van der Waals surface area (Å²) < 4.78 is 28.8. The molecule has 1 atom stereocenters. The smallest absolute Gasteiger partial charge is 0.129 e. The fourth-order valence-corrected chi connectivity index (χ4v) is 2.73. The minimum Gasteiger partial charge on any atom is -0.306 e. The average molecular weight is 395 g/mol. The maximum Gasteiger partial charge on any atom is 0.129 e. The van der Waals surface area contributed by atoms with Gasteiger partial charge in [-0.3, -0.25) is 0 Å². The molecule has 0 aliphatic heterocycles. The minimum absolute atomic E-state index is 0.284. The van der Waals surface area contributed by atoms with Gasteiger partial charge in [0.05, 0.1) is 11.1 Å². The molecule has 1 nitrogen and oxygen atoms in total. The Kier molecular flexibility index (Phi) is 5.60. The first-order valence-corrected chi connectivity index (χ1v) is 7.81. The molecule has 6 heteroatoms. The Morgan fingerprint density at radius 1 is 1.10 bits per heavy atom. The van der Waals surface area contributed by atoms with E-state index in [1.807, 2.05) is 6.92 Å². The topological polar surface area (TPSA) is 12.0 Å². The summed E-state index contributed by atoms with van der Waals surface area (Å²) in [7, 11) is 0. The van der Waals surface area contributed by atoms with Crippen LogP contribution in [0.1, 0.15) is 24.1 Å². The molecule has 1 unspecified atom stereocenters. The molecule has 0 bridgehead atoms. The Labute approximate surface area is 140 Å². The van der Waals surface area contributed by atoms with Crippen molar-refractivity contribution in [3.8, 4) is 0 Å². The van der Waals surface area contributed by atoms with Crippen molar-refractivity contribution >= 4 is 39.1 Å². The van der Waals surface area contributed by atoms with Crippen molar-refractivity contribution < 1.29 is 8.78 Å². The van der Waals surface area contributed by atoms with Crippen LogP contribution in [0.4, 0.5) is 8.78 Å². The van der Waals surface area contributed by atoms with Gasteiger partial charge in [0, 0.05) is 20.6 Å². The molecule has 2 aromatic rings. The van der Waals surface area contributed by atoms with E-state index in [1.165, 1.54) is 18.2 Å². The van der Waals surface area contributed by atoms with E-state index in [9.17, 15) is 8.78 Å². The van der Waals surface area contributed by atoms with Gasteiger partial charge < -0.3 is 5.32 Å². The van der Waals surface area contributed by atoms with Crippen molar-refractivity contribution in [1.82, 2.24) is 5.32 Å². The van der Waals surface area contributed by atoms with E-state index in [2.05, 4.69) is 21.2 Å². The molecule has 0 aliphatic carbocycles. The van der Waals surface area contributed by atoms with Gasteiger partial charge in [-0.2, -0.15) is 0 Å². The molecule has 0 aliphatic rings. The number of nitrogens with one attached hydrogen (secondary N) is 1. The second-order valence-electron chi connectivity index (χ2n) is 4.44. The highest BCUT2D eigenvalue weighted by Gasteiger charge is 2.21. The van der Waals surface area contributed by atoms with Crippen molar-refractivity contribution in [3.05, 3.63) is 67.6 Å². The predicted octanol–water partition coefficient (Wildman–Crippen LogP) is 5.73. The van der Waals surface area contributed by atoms with E-state index in [1.54, 1.807) is 12.1 Å². The lowest BCUT2D eigenvalue weighted by atomic mass is 9.97. The first-order chi connectivity index (χ1) is 9.93. The van der Waals surface area contributed by atoms with Gasteiger partial charge in [0.15, 0.2) is 0 Å². The van der Waals surface area contributed by atoms with Gasteiger partial charge in [0.1, 0.15) is 11.6 Å². The summed E-state index contributed by atoms with van der Waals surface area (Å²) in [5.74, 6) is -0.960. The maximum absolute atomic E-state index is 14.2. The molecule has 1 N–H and O–H groups in total. The highest BCUT2D eigenvalue weighted by molar-refractivity contribution is 9.10. The molecule has 0 saturated carbocycles. The molecule has 0 radical (unpaired) electrons. The molecular weight excluding hydrogens is 383 g/mol. The lowest BCUT2D eigenvalue weighted by Gasteiger charge is -2.21. The van der Waals surface area contributed by atoms with Crippen molar-refractivity contribution in [2.24, 2.45) is 0 Å². The van der Waals surface area contributed by atoms with Crippen LogP contribution in [0.25, 0.3) is 0 Å². The van der Waals surface area contributed by atoms with Crippen LogP contribution in [0.3, 0.4) is 0 Å². The summed E-state index contributed by atoms with van der Waals surface area (Å²) in [5.41, 5.74) is 0.602. The van der Waals surface area contributed by atoms with Crippen LogP contribution in [0.2, 0.25) is 10.0 Å². The van der Waals surface area contributed by atoms with E-state index in [4.69, 9.17) is 23.2 Å². The number of rotatable bonds is 4. The van der Waals surface area contributed by atoms with Gasteiger partial charge in [-0.1, -0.05) is 36.2 Å². The van der Waals surface area contributed by atoms with Crippen molar-refractivity contribution in [2.75, 3.05) is 6.54 Å². The number of benzene rings is 2. The van der Waals surface area contributed by atoms with Crippen molar-refractivity contribution in [3.63, 3.8) is 0 Å². The van der Waals surface area contributed by atoms with Crippen LogP contribution in [-0.4, -0.2) is 6.54 Å². The quantitative estimate of drug-likeness (QED) is 0.652. The summed E-state index contributed by atoms with van der Waals surface area (Å²) in [6.07, 6.45) is 0. The summed E-state index contributed by atoms with van der Waals surface area (Å²) >= 11 is 15.0. The Morgan fingerprint density at radius 2 is 1.76 bits per heavy atom. The third-order valence-corrected chi connectivity index (χ3v) is 4.46. The highest BCUT2D eigenvalue weighted by atomic mass is 79.9. The van der Waals surface area contributed by atoms with Gasteiger partial charge in [-0.25, -0.2) is 8.78 Å². The molecule has 0 amide bonds. The van der Waals surface area contributed by atoms with E-state index in [0.717, 1.165) is 0 Å². The van der Waals surface area contributed by atoms with Gasteiger partial charge in [0.2, 0.25) is 0 Å². The van der Waals surface area contributed by atoms with Gasteiger partial charge >= 0.3 is 0 Å². The largest absolute Gasteiger partial charge is 0.306 e. The van der Waals surface area contributed by atoms with Crippen LogP contribution in [-0.2, 0) is 0 Å². The van der Waals surface area contributed by atoms with Crippen LogP contribution in [0, 0.1) is 11.6 Å². The molecule has 21 heavy (non-hydrogen) atoms. The average Bonchev–Trinajstić information content (AvgIpc) is 2.41. The fourth-order valence-electron chi connectivity index (χ4n) is 2.09. The Balaban J connectivity index is 2.55. The van der Waals surface area contributed by atoms with Crippen molar-refractivity contribution in [2.45, 2.75) is 13.0 Å². The monoisotopic (exact) mass is 393 g/mol. The Morgan fingerprint density at radius 3 is 2.38 bits per heavy atom. The van der Waals surface area contributed by atoms with Gasteiger partial charge in [-0.05, 0) is 46.7 Å². The molecule has 0 spiro atoms. The highest BCUT2D eigenvalue weighted by Crippen LogP contribution is 2.33. The minimum atomic E-state index is -0.641. The third kappa shape index (κ3) is 3.75. The maximum atomic E-state index is 14.2. The number of hydrogen-bond donors (Lipinski definition) is 1. The molecule has 0 saturated heterocycles. The molecule has 0 heterocycles. The molecule has 0 fully saturated rings. The lowest BCUT2D eigenvalue weighted by Crippen LogP contribution is -2.24. The third-order valence-electron chi connectivity index (χ3n) is 3.03. The Bertz CT molecular complexity index is 664. The molecule has 0 aromatic heterocycles. The normalized spacial score (nSPS) is 12.5. The van der Waals surface area contributed by atoms with Crippen LogP contribution < -0.4 is 5.32 Å². The van der Waals surface area contributed by atoms with E-state index < -0.39 is 17.7 Å². The van der Waals surface area contributed by atoms with Crippen LogP contribution in [0.15, 0.2) is 34.8 Å². The summed E-state index contributed by atoms with van der Waals surface area (Å²) in [6.45, 7) is 2.40. The zero-order chi connectivity index (χ0) is 15.6. The van der Waals surface area contributed by atoms with Gasteiger partial charge in [0.25, 0.3) is 0 Å². The molecular formula is C15H12BrCl2F2N. The Hall–Kier alpha value is -0.680. The summed E-state index contributed by atoms with van der Waals surface area (Å²) in [6, 6.07) is 6.44. The number of hydrogen-bond acceptors (Lipinski definition) is 1. The van der Waals surface area contributed by atoms with Crippen LogP contribution in [0.5, 0.6) is 0 Å². The predicted molar refractivity (Wildman–Crippen MR) is 86.0 cm³/mol.